The maximum absolute atomic E-state index is 8.89. The van der Waals surface area contributed by atoms with Gasteiger partial charge in [0.15, 0.2) is 0 Å². The normalized spacial score (nSPS) is 57.0. The first-order chi connectivity index (χ1) is 3.36. The molecular weight excluding hydrogens is 90.1 g/mol. The number of hydrogen-bond donors (Lipinski definition) is 1. The fraction of sp³-hybridized carbons (Fsp3) is 1.00. The lowest BCUT2D eigenvalue weighted by Gasteiger charge is -1.97. The van der Waals surface area contributed by atoms with E-state index in [1.54, 1.807) is 0 Å². The highest BCUT2D eigenvalue weighted by Crippen LogP contribution is 2.29. The molecule has 2 fully saturated rings. The van der Waals surface area contributed by atoms with Crippen LogP contribution in [0.15, 0.2) is 0 Å². The molecule has 0 saturated carbocycles. The van der Waals surface area contributed by atoms with Crippen LogP contribution in [0.4, 0.5) is 0 Å². The van der Waals surface area contributed by atoms with Crippen LogP contribution in [0.25, 0.3) is 0 Å². The van der Waals surface area contributed by atoms with Gasteiger partial charge in [-0.15, -0.1) is 0 Å². The first-order valence-corrected chi connectivity index (χ1v) is 2.78. The predicted molar refractivity (Wildman–Crippen MR) is 26.0 cm³/mol. The quantitative estimate of drug-likeness (QED) is 0.411. The highest BCUT2D eigenvalue weighted by atomic mass is 16.3. The van der Waals surface area contributed by atoms with E-state index in [-0.39, 0.29) is 6.10 Å². The monoisotopic (exact) mass is 99.1 g/mol. The standard InChI is InChI=1S/C5H9NO/c7-5-1-4-2-6(4)3-5/h4-5,7H,1-3H2. The lowest BCUT2D eigenvalue weighted by atomic mass is 10.2. The average molecular weight is 99.1 g/mol. The molecule has 3 unspecified atom stereocenters. The van der Waals surface area contributed by atoms with Crippen LogP contribution < -0.4 is 0 Å². The highest BCUT2D eigenvalue weighted by molar-refractivity contribution is 4.98. The Labute approximate surface area is 42.7 Å². The molecule has 0 radical (unpaired) electrons. The number of aliphatic hydroxyl groups excluding tert-OH is 1. The lowest BCUT2D eigenvalue weighted by molar-refractivity contribution is 0.178. The number of rotatable bonds is 0. The van der Waals surface area contributed by atoms with Crippen molar-refractivity contribution in [3.8, 4) is 0 Å². The zero-order valence-electron chi connectivity index (χ0n) is 4.17. The third-order valence-corrected chi connectivity index (χ3v) is 1.82. The maximum Gasteiger partial charge on any atom is 0.0682 e. The van der Waals surface area contributed by atoms with Crippen LogP contribution in [0.2, 0.25) is 0 Å². The van der Waals surface area contributed by atoms with Crippen molar-refractivity contribution in [2.75, 3.05) is 13.1 Å². The Morgan fingerprint density at radius 3 is 2.57 bits per heavy atom. The minimum Gasteiger partial charge on any atom is -0.392 e. The molecule has 3 atom stereocenters. The van der Waals surface area contributed by atoms with Crippen LogP contribution in [0.3, 0.4) is 0 Å². The average Bonchev–Trinajstić information content (AvgIpc) is 2.15. The van der Waals surface area contributed by atoms with Crippen LogP contribution in [0.5, 0.6) is 0 Å². The second-order valence-corrected chi connectivity index (χ2v) is 2.50. The fourth-order valence-corrected chi connectivity index (χ4v) is 1.33. The molecule has 0 aromatic carbocycles. The van der Waals surface area contributed by atoms with Crippen LogP contribution in [-0.4, -0.2) is 35.2 Å². The van der Waals surface area contributed by atoms with Crippen LogP contribution in [0, 0.1) is 0 Å². The van der Waals surface area contributed by atoms with Crippen LogP contribution >= 0.6 is 0 Å². The van der Waals surface area contributed by atoms with Crippen molar-refractivity contribution in [2.24, 2.45) is 0 Å². The van der Waals surface area contributed by atoms with Crippen molar-refractivity contribution in [3.05, 3.63) is 0 Å². The van der Waals surface area contributed by atoms with Crippen molar-refractivity contribution in [2.45, 2.75) is 18.6 Å². The van der Waals surface area contributed by atoms with E-state index in [4.69, 9.17) is 5.11 Å². The molecule has 0 bridgehead atoms. The van der Waals surface area contributed by atoms with E-state index in [9.17, 15) is 0 Å². The summed E-state index contributed by atoms with van der Waals surface area (Å²) in [6, 6.07) is 0.773. The largest absolute Gasteiger partial charge is 0.392 e. The topological polar surface area (TPSA) is 23.2 Å². The van der Waals surface area contributed by atoms with Crippen molar-refractivity contribution in [1.29, 1.82) is 0 Å². The Hall–Kier alpha value is -0.0800. The second kappa shape index (κ2) is 1.01. The summed E-state index contributed by atoms with van der Waals surface area (Å²) in [5.41, 5.74) is 0. The smallest absolute Gasteiger partial charge is 0.0682 e. The summed E-state index contributed by atoms with van der Waals surface area (Å²) in [6.07, 6.45) is 1.03. The van der Waals surface area contributed by atoms with Gasteiger partial charge in [0.2, 0.25) is 0 Å². The van der Waals surface area contributed by atoms with Gasteiger partial charge in [0, 0.05) is 19.1 Å². The summed E-state index contributed by atoms with van der Waals surface area (Å²) >= 11 is 0. The van der Waals surface area contributed by atoms with Gasteiger partial charge in [-0.3, -0.25) is 4.90 Å². The van der Waals surface area contributed by atoms with Crippen molar-refractivity contribution >= 4 is 0 Å². The Kier molecular flexibility index (Phi) is 0.557. The summed E-state index contributed by atoms with van der Waals surface area (Å²) < 4.78 is 0. The van der Waals surface area contributed by atoms with E-state index in [0.717, 1.165) is 19.0 Å². The molecule has 0 spiro atoms. The van der Waals surface area contributed by atoms with Crippen LogP contribution in [-0.2, 0) is 0 Å². The number of aliphatic hydroxyl groups is 1. The maximum atomic E-state index is 8.89. The van der Waals surface area contributed by atoms with Crippen molar-refractivity contribution in [1.82, 2.24) is 4.90 Å². The predicted octanol–water partition coefficient (Wildman–Crippen LogP) is -0.565. The molecule has 0 aliphatic carbocycles. The minimum absolute atomic E-state index is 0.00116. The van der Waals surface area contributed by atoms with E-state index < -0.39 is 0 Å². The molecular formula is C5H9NO. The first kappa shape index (κ1) is 3.87. The van der Waals surface area contributed by atoms with Gasteiger partial charge in [-0.25, -0.2) is 0 Å². The molecule has 2 rings (SSSR count). The summed E-state index contributed by atoms with van der Waals surface area (Å²) in [7, 11) is 0. The van der Waals surface area contributed by atoms with Gasteiger partial charge in [0.1, 0.15) is 0 Å². The van der Waals surface area contributed by atoms with E-state index in [1.165, 1.54) is 6.54 Å². The molecule has 0 aromatic rings. The molecule has 2 heterocycles. The molecule has 2 aliphatic rings. The van der Waals surface area contributed by atoms with E-state index >= 15 is 0 Å². The molecule has 1 N–H and O–H groups in total. The first-order valence-electron chi connectivity index (χ1n) is 2.78. The van der Waals surface area contributed by atoms with Gasteiger partial charge in [-0.2, -0.15) is 0 Å². The zero-order valence-corrected chi connectivity index (χ0v) is 4.17. The van der Waals surface area contributed by atoms with E-state index in [2.05, 4.69) is 4.90 Å². The van der Waals surface area contributed by atoms with Gasteiger partial charge >= 0.3 is 0 Å². The van der Waals surface area contributed by atoms with Crippen LogP contribution in [0.1, 0.15) is 6.42 Å². The summed E-state index contributed by atoms with van der Waals surface area (Å²) in [5.74, 6) is 0. The fourth-order valence-electron chi connectivity index (χ4n) is 1.33. The summed E-state index contributed by atoms with van der Waals surface area (Å²) in [6.45, 7) is 2.18. The van der Waals surface area contributed by atoms with Gasteiger partial charge in [0.25, 0.3) is 0 Å². The Bertz CT molecular complexity index is 84.1. The summed E-state index contributed by atoms with van der Waals surface area (Å²) in [5, 5.41) is 8.89. The highest BCUT2D eigenvalue weighted by Gasteiger charge is 2.42. The third kappa shape index (κ3) is 0.469. The lowest BCUT2D eigenvalue weighted by Crippen LogP contribution is -2.11. The van der Waals surface area contributed by atoms with E-state index in [0.29, 0.717) is 0 Å². The van der Waals surface area contributed by atoms with Gasteiger partial charge in [0.05, 0.1) is 6.10 Å². The third-order valence-electron chi connectivity index (χ3n) is 1.82. The molecule has 0 amide bonds. The molecule has 2 saturated heterocycles. The molecule has 7 heavy (non-hydrogen) atoms. The zero-order chi connectivity index (χ0) is 4.85. The van der Waals surface area contributed by atoms with Gasteiger partial charge in [-0.05, 0) is 6.42 Å². The number of hydrogen-bond acceptors (Lipinski definition) is 2. The summed E-state index contributed by atoms with van der Waals surface area (Å²) in [4.78, 5) is 2.30. The van der Waals surface area contributed by atoms with Gasteiger partial charge in [-0.1, -0.05) is 0 Å². The number of nitrogens with zero attached hydrogens (tertiary/aromatic N) is 1. The molecule has 40 valence electrons. The van der Waals surface area contributed by atoms with Crippen molar-refractivity contribution < 1.29 is 5.11 Å². The molecule has 2 nitrogen and oxygen atoms in total. The molecule has 2 heteroatoms. The second-order valence-electron chi connectivity index (χ2n) is 2.50. The molecule has 2 aliphatic heterocycles. The van der Waals surface area contributed by atoms with Crippen molar-refractivity contribution in [3.63, 3.8) is 0 Å². The van der Waals surface area contributed by atoms with Gasteiger partial charge < -0.3 is 5.11 Å². The van der Waals surface area contributed by atoms with E-state index in [1.807, 2.05) is 0 Å². The Morgan fingerprint density at radius 2 is 2.29 bits per heavy atom. The molecule has 0 aromatic heterocycles. The SMILES string of the molecule is OC1CC2CN2C1. The minimum atomic E-state index is -0.00116. The Morgan fingerprint density at radius 1 is 1.43 bits per heavy atom. The Balaban J connectivity index is 2.02. The number of piperidine rings is 1. The number of fused-ring (bicyclic) bond motifs is 1.